The standard InChI is InChI=1S/C14H20N6/c1-10(8-15)19-5-4-11-6-13(17-2)14(18-3)7-12(11)20-9-16/h5-9,18H,2,4,15H2,1,3H3,(H2,16,20)/b10-8-,19-5?. The lowest BCUT2D eigenvalue weighted by molar-refractivity contribution is 1.24. The maximum atomic E-state index is 5.38. The van der Waals surface area contributed by atoms with Crippen LogP contribution in [-0.2, 0) is 6.42 Å². The molecule has 0 saturated heterocycles. The van der Waals surface area contributed by atoms with E-state index in [1.165, 1.54) is 12.5 Å². The van der Waals surface area contributed by atoms with E-state index < -0.39 is 0 Å². The summed E-state index contributed by atoms with van der Waals surface area (Å²) < 4.78 is 0. The van der Waals surface area contributed by atoms with Gasteiger partial charge in [-0.05, 0) is 31.3 Å². The molecular weight excluding hydrogens is 252 g/mol. The van der Waals surface area contributed by atoms with Crippen LogP contribution in [0.25, 0.3) is 0 Å². The average Bonchev–Trinajstić information content (AvgIpc) is 2.48. The number of nitrogens with two attached hydrogens (primary N) is 2. The highest BCUT2D eigenvalue weighted by atomic mass is 14.9. The van der Waals surface area contributed by atoms with Crippen LogP contribution in [0.3, 0.4) is 0 Å². The molecule has 0 aliphatic heterocycles. The first-order chi connectivity index (χ1) is 9.65. The largest absolute Gasteiger partial charge is 0.403 e. The Morgan fingerprint density at radius 2 is 2.10 bits per heavy atom. The number of nitrogens with one attached hydrogen (secondary N) is 1. The lowest BCUT2D eigenvalue weighted by atomic mass is 10.1. The van der Waals surface area contributed by atoms with Gasteiger partial charge < -0.3 is 16.8 Å². The zero-order valence-corrected chi connectivity index (χ0v) is 11.8. The number of hydrogen-bond donors (Lipinski definition) is 3. The Morgan fingerprint density at radius 3 is 2.65 bits per heavy atom. The van der Waals surface area contributed by atoms with E-state index in [1.54, 1.807) is 6.21 Å². The van der Waals surface area contributed by atoms with Crippen LogP contribution in [-0.4, -0.2) is 26.3 Å². The quantitative estimate of drug-likeness (QED) is 0.546. The van der Waals surface area contributed by atoms with Gasteiger partial charge in [-0.2, -0.15) is 0 Å². The molecule has 0 aliphatic carbocycles. The van der Waals surface area contributed by atoms with Gasteiger partial charge in [0, 0.05) is 25.9 Å². The van der Waals surface area contributed by atoms with E-state index >= 15 is 0 Å². The molecule has 0 aliphatic rings. The molecule has 1 aromatic carbocycles. The molecule has 6 nitrogen and oxygen atoms in total. The van der Waals surface area contributed by atoms with Gasteiger partial charge in [0.1, 0.15) is 0 Å². The van der Waals surface area contributed by atoms with Gasteiger partial charge in [0.05, 0.1) is 29.1 Å². The molecular formula is C14H20N6. The van der Waals surface area contributed by atoms with Gasteiger partial charge in [-0.1, -0.05) is 0 Å². The molecule has 0 unspecified atom stereocenters. The fraction of sp³-hybridized carbons (Fsp3) is 0.214. The third kappa shape index (κ3) is 3.94. The molecule has 0 bridgehead atoms. The molecule has 0 spiro atoms. The van der Waals surface area contributed by atoms with E-state index in [1.807, 2.05) is 26.1 Å². The predicted octanol–water partition coefficient (Wildman–Crippen LogP) is 2.11. The monoisotopic (exact) mass is 272 g/mol. The van der Waals surface area contributed by atoms with Crippen molar-refractivity contribution in [3.05, 3.63) is 29.6 Å². The lowest BCUT2D eigenvalue weighted by Gasteiger charge is -2.10. The maximum Gasteiger partial charge on any atom is 0.0860 e. The summed E-state index contributed by atoms with van der Waals surface area (Å²) >= 11 is 0. The van der Waals surface area contributed by atoms with Gasteiger partial charge in [0.2, 0.25) is 0 Å². The van der Waals surface area contributed by atoms with E-state index in [0.29, 0.717) is 6.42 Å². The third-order valence-corrected chi connectivity index (χ3v) is 2.70. The second-order valence-corrected chi connectivity index (χ2v) is 4.01. The van der Waals surface area contributed by atoms with Gasteiger partial charge in [0.15, 0.2) is 0 Å². The predicted molar refractivity (Wildman–Crippen MR) is 87.7 cm³/mol. The van der Waals surface area contributed by atoms with Gasteiger partial charge in [-0.25, -0.2) is 4.99 Å². The first-order valence-electron chi connectivity index (χ1n) is 6.13. The van der Waals surface area contributed by atoms with Crippen molar-refractivity contribution in [2.24, 2.45) is 26.4 Å². The first-order valence-corrected chi connectivity index (χ1v) is 6.13. The zero-order chi connectivity index (χ0) is 15.0. The van der Waals surface area contributed by atoms with Crippen molar-refractivity contribution in [3.63, 3.8) is 0 Å². The number of nitrogens with zero attached hydrogens (tertiary/aromatic N) is 3. The molecule has 0 atom stereocenters. The van der Waals surface area contributed by atoms with Crippen molar-refractivity contribution in [1.29, 1.82) is 0 Å². The summed E-state index contributed by atoms with van der Waals surface area (Å²) in [6.07, 6.45) is 5.09. The highest BCUT2D eigenvalue weighted by Crippen LogP contribution is 2.32. The van der Waals surface area contributed by atoms with Gasteiger partial charge in [0.25, 0.3) is 0 Å². The van der Waals surface area contributed by atoms with E-state index in [0.717, 1.165) is 28.3 Å². The fourth-order valence-corrected chi connectivity index (χ4v) is 1.65. The normalized spacial score (nSPS) is 12.2. The van der Waals surface area contributed by atoms with Crippen LogP contribution in [0.4, 0.5) is 17.1 Å². The molecule has 0 fully saturated rings. The van der Waals surface area contributed by atoms with Crippen molar-refractivity contribution in [2.45, 2.75) is 13.3 Å². The molecule has 0 heterocycles. The Morgan fingerprint density at radius 1 is 1.35 bits per heavy atom. The molecule has 0 radical (unpaired) electrons. The van der Waals surface area contributed by atoms with Crippen LogP contribution in [0.5, 0.6) is 0 Å². The maximum absolute atomic E-state index is 5.38. The molecule has 1 rings (SSSR count). The highest BCUT2D eigenvalue weighted by molar-refractivity contribution is 5.78. The minimum atomic E-state index is 0.602. The van der Waals surface area contributed by atoms with Gasteiger partial charge in [-0.3, -0.25) is 9.98 Å². The lowest BCUT2D eigenvalue weighted by Crippen LogP contribution is -1.95. The molecule has 6 heteroatoms. The van der Waals surface area contributed by atoms with Crippen molar-refractivity contribution in [3.8, 4) is 0 Å². The smallest absolute Gasteiger partial charge is 0.0860 e. The van der Waals surface area contributed by atoms with Crippen molar-refractivity contribution in [2.75, 3.05) is 12.4 Å². The molecule has 20 heavy (non-hydrogen) atoms. The van der Waals surface area contributed by atoms with E-state index in [9.17, 15) is 0 Å². The van der Waals surface area contributed by atoms with E-state index in [-0.39, 0.29) is 0 Å². The summed E-state index contributed by atoms with van der Waals surface area (Å²) in [5.74, 6) is 0. The van der Waals surface area contributed by atoms with Crippen molar-refractivity contribution < 1.29 is 0 Å². The Balaban J connectivity index is 3.15. The highest BCUT2D eigenvalue weighted by Gasteiger charge is 2.07. The summed E-state index contributed by atoms with van der Waals surface area (Å²) in [6, 6.07) is 3.79. The number of hydrogen-bond acceptors (Lipinski definition) is 5. The minimum Gasteiger partial charge on any atom is -0.403 e. The van der Waals surface area contributed by atoms with Gasteiger partial charge >= 0.3 is 0 Å². The molecule has 0 amide bonds. The topological polar surface area (TPSA) is 101 Å². The first kappa shape index (κ1) is 15.4. The minimum absolute atomic E-state index is 0.602. The number of aliphatic imine (C=N–C) groups is 3. The summed E-state index contributed by atoms with van der Waals surface area (Å²) in [5, 5.41) is 3.05. The van der Waals surface area contributed by atoms with Crippen LogP contribution in [0.1, 0.15) is 12.5 Å². The van der Waals surface area contributed by atoms with Gasteiger partial charge in [-0.15, -0.1) is 0 Å². The number of benzene rings is 1. The van der Waals surface area contributed by atoms with Crippen LogP contribution < -0.4 is 16.8 Å². The SMILES string of the molecule is C=Nc1cc(CC=N/C(C)=C\N)c(N=CN)cc1NC. The molecule has 1 aromatic rings. The Hall–Kier alpha value is -2.63. The zero-order valence-electron chi connectivity index (χ0n) is 11.8. The summed E-state index contributed by atoms with van der Waals surface area (Å²) in [4.78, 5) is 12.4. The summed E-state index contributed by atoms with van der Waals surface area (Å²) in [6.45, 7) is 5.40. The van der Waals surface area contributed by atoms with E-state index in [4.69, 9.17) is 11.5 Å². The number of rotatable bonds is 6. The molecule has 5 N–H and O–H groups in total. The Labute approximate surface area is 119 Å². The second-order valence-electron chi connectivity index (χ2n) is 4.01. The second kappa shape index (κ2) is 7.73. The van der Waals surface area contributed by atoms with Crippen LogP contribution >= 0.6 is 0 Å². The third-order valence-electron chi connectivity index (χ3n) is 2.70. The Kier molecular flexibility index (Phi) is 5.96. The molecule has 0 saturated carbocycles. The average molecular weight is 272 g/mol. The summed E-state index contributed by atoms with van der Waals surface area (Å²) in [5.41, 5.74) is 14.8. The number of anilines is 1. The van der Waals surface area contributed by atoms with E-state index in [2.05, 4.69) is 27.0 Å². The summed E-state index contributed by atoms with van der Waals surface area (Å²) in [7, 11) is 1.82. The van der Waals surface area contributed by atoms with Crippen LogP contribution in [0.2, 0.25) is 0 Å². The van der Waals surface area contributed by atoms with Crippen molar-refractivity contribution in [1.82, 2.24) is 0 Å². The van der Waals surface area contributed by atoms with Crippen molar-refractivity contribution >= 4 is 36.3 Å². The number of allylic oxidation sites excluding steroid dienone is 1. The van der Waals surface area contributed by atoms with Crippen LogP contribution in [0, 0.1) is 0 Å². The molecule has 106 valence electrons. The fourth-order valence-electron chi connectivity index (χ4n) is 1.65. The van der Waals surface area contributed by atoms with Crippen LogP contribution in [0.15, 0.2) is 39.0 Å². The molecule has 0 aromatic heterocycles. The Bertz CT molecular complexity index is 557.